The van der Waals surface area contributed by atoms with E-state index < -0.39 is 0 Å². The van der Waals surface area contributed by atoms with Gasteiger partial charge in [0.15, 0.2) is 0 Å². The second-order valence-corrected chi connectivity index (χ2v) is 5.70. The van der Waals surface area contributed by atoms with Crippen LogP contribution in [0.15, 0.2) is 0 Å². The predicted molar refractivity (Wildman–Crippen MR) is 94.7 cm³/mol. The van der Waals surface area contributed by atoms with Crippen LogP contribution < -0.4 is 0 Å². The van der Waals surface area contributed by atoms with Crippen LogP contribution in [0.25, 0.3) is 0 Å². The van der Waals surface area contributed by atoms with Gasteiger partial charge in [0.2, 0.25) is 0 Å². The van der Waals surface area contributed by atoms with Gasteiger partial charge in [-0.05, 0) is 12.8 Å². The van der Waals surface area contributed by atoms with Crippen molar-refractivity contribution in [3.63, 3.8) is 0 Å². The molecule has 0 fully saturated rings. The Labute approximate surface area is 148 Å². The summed E-state index contributed by atoms with van der Waals surface area (Å²) in [6.07, 6.45) is 2.09. The molecule has 0 radical (unpaired) electrons. The fourth-order valence-electron chi connectivity index (χ4n) is 1.79. The van der Waals surface area contributed by atoms with Crippen molar-refractivity contribution in [2.45, 2.75) is 33.6 Å². The van der Waals surface area contributed by atoms with Crippen molar-refractivity contribution in [1.29, 1.82) is 0 Å². The van der Waals surface area contributed by atoms with E-state index in [0.717, 1.165) is 26.1 Å². The number of ether oxygens (including phenoxy) is 6. The average molecular weight is 350 g/mol. The first-order chi connectivity index (χ1) is 11.8. The summed E-state index contributed by atoms with van der Waals surface area (Å²) < 4.78 is 32.6. The zero-order chi connectivity index (χ0) is 17.7. The lowest BCUT2D eigenvalue weighted by atomic mass is 10.2. The predicted octanol–water partition coefficient (Wildman–Crippen LogP) is 2.54. The Morgan fingerprint density at radius 1 is 0.458 bits per heavy atom. The molecule has 0 heterocycles. The zero-order valence-corrected chi connectivity index (χ0v) is 15.9. The van der Waals surface area contributed by atoms with E-state index in [2.05, 4.69) is 20.8 Å². The highest BCUT2D eigenvalue weighted by atomic mass is 16.6. The molecule has 6 nitrogen and oxygen atoms in total. The Morgan fingerprint density at radius 3 is 1.08 bits per heavy atom. The third-order valence-corrected chi connectivity index (χ3v) is 2.99. The molecule has 0 aromatic heterocycles. The summed E-state index contributed by atoms with van der Waals surface area (Å²) in [5, 5.41) is 0. The normalized spacial score (nSPS) is 11.5. The van der Waals surface area contributed by atoms with Crippen LogP contribution in [0.4, 0.5) is 0 Å². The van der Waals surface area contributed by atoms with Crippen molar-refractivity contribution in [2.75, 3.05) is 79.3 Å². The molecule has 0 amide bonds. The van der Waals surface area contributed by atoms with Crippen LogP contribution in [-0.4, -0.2) is 79.3 Å². The maximum Gasteiger partial charge on any atom is 0.0701 e. The van der Waals surface area contributed by atoms with Gasteiger partial charge in [0.25, 0.3) is 0 Å². The monoisotopic (exact) mass is 350 g/mol. The molecule has 0 aliphatic rings. The van der Waals surface area contributed by atoms with E-state index in [0.29, 0.717) is 72.0 Å². The highest BCUT2D eigenvalue weighted by Gasteiger charge is 2.02. The Morgan fingerprint density at radius 2 is 0.750 bits per heavy atom. The van der Waals surface area contributed by atoms with Gasteiger partial charge in [0, 0.05) is 19.1 Å². The summed E-state index contributed by atoms with van der Waals surface area (Å²) in [5.74, 6) is 0.366. The van der Waals surface area contributed by atoms with E-state index in [-0.39, 0.29) is 0 Å². The van der Waals surface area contributed by atoms with Crippen molar-refractivity contribution >= 4 is 0 Å². The second-order valence-electron chi connectivity index (χ2n) is 5.70. The van der Waals surface area contributed by atoms with Crippen molar-refractivity contribution in [1.82, 2.24) is 0 Å². The maximum absolute atomic E-state index is 5.56. The fourth-order valence-corrected chi connectivity index (χ4v) is 1.79. The molecule has 0 aromatic carbocycles. The third kappa shape index (κ3) is 19.8. The Balaban J connectivity index is 3.12. The van der Waals surface area contributed by atoms with Gasteiger partial charge < -0.3 is 28.4 Å². The standard InChI is InChI=1S/C18H38O6/c1-4-6-19-8-10-21-12-14-23-16-18(3)17-24-15-13-22-11-9-20-7-5-2/h18H,4-17H2,1-3H3. The van der Waals surface area contributed by atoms with Crippen LogP contribution in [0.2, 0.25) is 0 Å². The van der Waals surface area contributed by atoms with Crippen molar-refractivity contribution in [2.24, 2.45) is 5.92 Å². The molecule has 0 saturated carbocycles. The van der Waals surface area contributed by atoms with Crippen molar-refractivity contribution < 1.29 is 28.4 Å². The van der Waals surface area contributed by atoms with Crippen LogP contribution in [-0.2, 0) is 28.4 Å². The minimum absolute atomic E-state index is 0.366. The van der Waals surface area contributed by atoms with Crippen molar-refractivity contribution in [3.8, 4) is 0 Å². The quantitative estimate of drug-likeness (QED) is 0.315. The molecule has 0 rings (SSSR count). The minimum Gasteiger partial charge on any atom is -0.379 e. The topological polar surface area (TPSA) is 55.4 Å². The second kappa shape index (κ2) is 20.8. The van der Waals surface area contributed by atoms with Gasteiger partial charge in [-0.2, -0.15) is 0 Å². The summed E-state index contributed by atoms with van der Waals surface area (Å²) in [7, 11) is 0. The molecule has 0 aromatic rings. The van der Waals surface area contributed by atoms with Gasteiger partial charge >= 0.3 is 0 Å². The summed E-state index contributed by atoms with van der Waals surface area (Å²) in [5.41, 5.74) is 0. The van der Waals surface area contributed by atoms with Crippen molar-refractivity contribution in [3.05, 3.63) is 0 Å². The van der Waals surface area contributed by atoms with Crippen LogP contribution >= 0.6 is 0 Å². The SMILES string of the molecule is CCCOCCOCCOCC(C)COCCOCCOCCC. The first-order valence-corrected chi connectivity index (χ1v) is 9.27. The van der Waals surface area contributed by atoms with Crippen LogP contribution in [0.3, 0.4) is 0 Å². The summed E-state index contributed by atoms with van der Waals surface area (Å²) in [6.45, 7) is 14.3. The van der Waals surface area contributed by atoms with Gasteiger partial charge in [0.05, 0.1) is 66.1 Å². The Hall–Kier alpha value is -0.240. The van der Waals surface area contributed by atoms with E-state index >= 15 is 0 Å². The Kier molecular flexibility index (Phi) is 20.6. The van der Waals surface area contributed by atoms with E-state index in [1.54, 1.807) is 0 Å². The number of rotatable bonds is 20. The molecule has 0 bridgehead atoms. The summed E-state index contributed by atoms with van der Waals surface area (Å²) in [6, 6.07) is 0. The molecule has 0 spiro atoms. The highest BCUT2D eigenvalue weighted by Crippen LogP contribution is 1.97. The highest BCUT2D eigenvalue weighted by molar-refractivity contribution is 4.49. The minimum atomic E-state index is 0.366. The van der Waals surface area contributed by atoms with Gasteiger partial charge in [0.1, 0.15) is 0 Å². The molecule has 0 unspecified atom stereocenters. The molecule has 0 atom stereocenters. The molecular weight excluding hydrogens is 312 g/mol. The van der Waals surface area contributed by atoms with Crippen LogP contribution in [0.1, 0.15) is 33.6 Å². The first-order valence-electron chi connectivity index (χ1n) is 9.27. The fraction of sp³-hybridized carbons (Fsp3) is 1.00. The van der Waals surface area contributed by atoms with Gasteiger partial charge in [-0.25, -0.2) is 0 Å². The van der Waals surface area contributed by atoms with E-state index in [9.17, 15) is 0 Å². The Bertz CT molecular complexity index is 206. The molecule has 0 aliphatic carbocycles. The molecular formula is C18H38O6. The van der Waals surface area contributed by atoms with Gasteiger partial charge in [-0.3, -0.25) is 0 Å². The lowest BCUT2D eigenvalue weighted by molar-refractivity contribution is -0.0141. The summed E-state index contributed by atoms with van der Waals surface area (Å²) >= 11 is 0. The molecule has 146 valence electrons. The smallest absolute Gasteiger partial charge is 0.0701 e. The van der Waals surface area contributed by atoms with E-state index in [4.69, 9.17) is 28.4 Å². The first kappa shape index (κ1) is 23.8. The molecule has 24 heavy (non-hydrogen) atoms. The van der Waals surface area contributed by atoms with Crippen LogP contribution in [0, 0.1) is 5.92 Å². The third-order valence-electron chi connectivity index (χ3n) is 2.99. The number of hydrogen-bond acceptors (Lipinski definition) is 6. The summed E-state index contributed by atoms with van der Waals surface area (Å²) in [4.78, 5) is 0. The maximum atomic E-state index is 5.56. The lowest BCUT2D eigenvalue weighted by Crippen LogP contribution is -2.17. The van der Waals surface area contributed by atoms with Gasteiger partial charge in [-0.15, -0.1) is 0 Å². The van der Waals surface area contributed by atoms with E-state index in [1.807, 2.05) is 0 Å². The van der Waals surface area contributed by atoms with Gasteiger partial charge in [-0.1, -0.05) is 20.8 Å². The lowest BCUT2D eigenvalue weighted by Gasteiger charge is -2.13. The molecule has 0 N–H and O–H groups in total. The molecule has 6 heteroatoms. The largest absolute Gasteiger partial charge is 0.379 e. The number of hydrogen-bond donors (Lipinski definition) is 0. The van der Waals surface area contributed by atoms with E-state index in [1.165, 1.54) is 0 Å². The molecule has 0 aliphatic heterocycles. The molecule has 0 saturated heterocycles. The zero-order valence-electron chi connectivity index (χ0n) is 15.9. The van der Waals surface area contributed by atoms with Crippen LogP contribution in [0.5, 0.6) is 0 Å². The average Bonchev–Trinajstić information content (AvgIpc) is 2.59.